The number of hydrogen-bond donors (Lipinski definition) is 0. The molecular formula is C25H20FN7O2S. The van der Waals surface area contributed by atoms with E-state index in [0.29, 0.717) is 24.4 Å². The summed E-state index contributed by atoms with van der Waals surface area (Å²) in [4.78, 5) is 32.1. The molecule has 0 bridgehead atoms. The lowest BCUT2D eigenvalue weighted by Crippen LogP contribution is -2.40. The largest absolute Gasteiger partial charge is 0.329 e. The van der Waals surface area contributed by atoms with Crippen LogP contribution in [0.5, 0.6) is 0 Å². The van der Waals surface area contributed by atoms with Crippen LogP contribution in [0.3, 0.4) is 0 Å². The van der Waals surface area contributed by atoms with Crippen molar-refractivity contribution < 1.29 is 14.0 Å². The van der Waals surface area contributed by atoms with Crippen molar-refractivity contribution in [2.75, 3.05) is 6.54 Å². The number of aromatic nitrogens is 4. The average molecular weight is 502 g/mol. The standard InChI is InChI=1S/C25H20FN7O2S/c1-14-11-32(12-22-29-30-23(33(14)22)21-10-27-13-36-21)25(35)18-8-15(6-7-19(18)26)9-20-16-4-2-3-5-17(16)24(34)31-28-20/h2-8,10,13-14,20H,9,11-12H2,1H3. The monoisotopic (exact) mass is 501 g/mol. The van der Waals surface area contributed by atoms with Gasteiger partial charge in [0.2, 0.25) is 0 Å². The molecule has 0 fully saturated rings. The van der Waals surface area contributed by atoms with Crippen molar-refractivity contribution in [1.29, 1.82) is 0 Å². The Morgan fingerprint density at radius 3 is 2.89 bits per heavy atom. The number of fused-ring (bicyclic) bond motifs is 2. The van der Waals surface area contributed by atoms with Crippen LogP contribution in [0, 0.1) is 5.82 Å². The van der Waals surface area contributed by atoms with Crippen molar-refractivity contribution in [3.8, 4) is 10.7 Å². The molecule has 180 valence electrons. The number of azo groups is 1. The van der Waals surface area contributed by atoms with E-state index >= 15 is 0 Å². The summed E-state index contributed by atoms with van der Waals surface area (Å²) in [6.45, 7) is 2.60. The van der Waals surface area contributed by atoms with E-state index in [1.165, 1.54) is 17.4 Å². The second-order valence-corrected chi connectivity index (χ2v) is 9.74. The average Bonchev–Trinajstić information content (AvgIpc) is 3.57. The SMILES string of the molecule is CC1CN(C(=O)c2cc(CC3N=NC(=O)c4ccccc43)ccc2F)Cc2nnc(-c3cncs3)n21. The summed E-state index contributed by atoms with van der Waals surface area (Å²) in [7, 11) is 0. The highest BCUT2D eigenvalue weighted by Gasteiger charge is 2.32. The maximum atomic E-state index is 14.9. The van der Waals surface area contributed by atoms with Crippen LogP contribution in [0.1, 0.15) is 56.7 Å². The Morgan fingerprint density at radius 2 is 2.06 bits per heavy atom. The summed E-state index contributed by atoms with van der Waals surface area (Å²) < 4.78 is 16.9. The van der Waals surface area contributed by atoms with Crippen LogP contribution in [-0.4, -0.2) is 43.0 Å². The zero-order valence-corrected chi connectivity index (χ0v) is 20.0. The number of thiazole rings is 1. The fraction of sp³-hybridized carbons (Fsp3) is 0.240. The van der Waals surface area contributed by atoms with E-state index in [4.69, 9.17) is 0 Å². The van der Waals surface area contributed by atoms with Gasteiger partial charge in [0.15, 0.2) is 11.6 Å². The molecule has 0 saturated heterocycles. The highest BCUT2D eigenvalue weighted by molar-refractivity contribution is 7.13. The molecule has 0 radical (unpaired) electrons. The van der Waals surface area contributed by atoms with E-state index in [-0.39, 0.29) is 30.1 Å². The van der Waals surface area contributed by atoms with Gasteiger partial charge >= 0.3 is 0 Å². The van der Waals surface area contributed by atoms with Crippen molar-refractivity contribution in [2.24, 2.45) is 10.2 Å². The Hall–Kier alpha value is -4.12. The summed E-state index contributed by atoms with van der Waals surface area (Å²) in [6, 6.07) is 11.2. The van der Waals surface area contributed by atoms with Crippen molar-refractivity contribution >= 4 is 23.2 Å². The van der Waals surface area contributed by atoms with Crippen LogP contribution in [0.2, 0.25) is 0 Å². The normalized spacial score (nSPS) is 18.7. The number of halogens is 1. The first-order valence-electron chi connectivity index (χ1n) is 11.4. The third kappa shape index (κ3) is 3.81. The van der Waals surface area contributed by atoms with Gasteiger partial charge < -0.3 is 9.47 Å². The van der Waals surface area contributed by atoms with Gasteiger partial charge in [0.05, 0.1) is 28.5 Å². The molecule has 2 aliphatic heterocycles. The summed E-state index contributed by atoms with van der Waals surface area (Å²) >= 11 is 1.48. The molecule has 4 heterocycles. The molecule has 2 atom stereocenters. The number of benzene rings is 2. The van der Waals surface area contributed by atoms with Crippen LogP contribution in [0.25, 0.3) is 10.7 Å². The topological polar surface area (TPSA) is 106 Å². The van der Waals surface area contributed by atoms with E-state index in [2.05, 4.69) is 25.4 Å². The van der Waals surface area contributed by atoms with Crippen LogP contribution in [0.15, 0.2) is 64.4 Å². The third-order valence-electron chi connectivity index (χ3n) is 6.49. The molecule has 2 unspecified atom stereocenters. The Bertz CT molecular complexity index is 1510. The second kappa shape index (κ2) is 8.83. The van der Waals surface area contributed by atoms with Gasteiger partial charge in [-0.25, -0.2) is 4.39 Å². The highest BCUT2D eigenvalue weighted by atomic mass is 32.1. The fourth-order valence-electron chi connectivity index (χ4n) is 4.81. The smallest absolute Gasteiger partial charge is 0.295 e. The fourth-order valence-corrected chi connectivity index (χ4v) is 5.41. The molecule has 0 saturated carbocycles. The summed E-state index contributed by atoms with van der Waals surface area (Å²) in [5, 5.41) is 16.5. The maximum Gasteiger partial charge on any atom is 0.295 e. The number of nitrogens with zero attached hydrogens (tertiary/aromatic N) is 7. The molecule has 0 N–H and O–H groups in total. The van der Waals surface area contributed by atoms with E-state index in [9.17, 15) is 14.0 Å². The molecule has 9 nitrogen and oxygen atoms in total. The van der Waals surface area contributed by atoms with Gasteiger partial charge in [0.25, 0.3) is 11.8 Å². The Morgan fingerprint density at radius 1 is 1.19 bits per heavy atom. The molecule has 2 amide bonds. The van der Waals surface area contributed by atoms with E-state index < -0.39 is 11.7 Å². The van der Waals surface area contributed by atoms with Crippen molar-refractivity contribution in [3.05, 3.63) is 88.1 Å². The Labute approximate surface area is 209 Å². The molecule has 0 spiro atoms. The van der Waals surface area contributed by atoms with Crippen LogP contribution in [-0.2, 0) is 13.0 Å². The number of hydrogen-bond acceptors (Lipinski definition) is 7. The van der Waals surface area contributed by atoms with E-state index in [1.807, 2.05) is 23.6 Å². The molecular weight excluding hydrogens is 481 g/mol. The van der Waals surface area contributed by atoms with Crippen molar-refractivity contribution in [2.45, 2.75) is 32.0 Å². The predicted molar refractivity (Wildman–Crippen MR) is 129 cm³/mol. The van der Waals surface area contributed by atoms with Gasteiger partial charge in [0.1, 0.15) is 11.9 Å². The number of carbonyl (C=O) groups excluding carboxylic acids is 2. The number of amides is 2. The second-order valence-electron chi connectivity index (χ2n) is 8.85. The highest BCUT2D eigenvalue weighted by Crippen LogP contribution is 2.32. The first-order valence-corrected chi connectivity index (χ1v) is 12.3. The van der Waals surface area contributed by atoms with Crippen LogP contribution < -0.4 is 0 Å². The van der Waals surface area contributed by atoms with Gasteiger partial charge in [0, 0.05) is 24.7 Å². The summed E-state index contributed by atoms with van der Waals surface area (Å²) in [6.07, 6.45) is 2.13. The number of carbonyl (C=O) groups is 2. The van der Waals surface area contributed by atoms with E-state index in [1.54, 1.807) is 40.9 Å². The zero-order chi connectivity index (χ0) is 24.8. The van der Waals surface area contributed by atoms with Crippen molar-refractivity contribution in [3.63, 3.8) is 0 Å². The molecule has 4 aromatic rings. The van der Waals surface area contributed by atoms with E-state index in [0.717, 1.165) is 21.8 Å². The Kier molecular flexibility index (Phi) is 5.48. The maximum absolute atomic E-state index is 14.9. The lowest BCUT2D eigenvalue weighted by atomic mass is 9.93. The van der Waals surface area contributed by atoms with Crippen LogP contribution >= 0.6 is 11.3 Å². The lowest BCUT2D eigenvalue weighted by Gasteiger charge is -2.32. The molecule has 6 rings (SSSR count). The minimum absolute atomic E-state index is 0.00699. The molecule has 2 aromatic heterocycles. The summed E-state index contributed by atoms with van der Waals surface area (Å²) in [5.74, 6) is -0.000639. The molecule has 36 heavy (non-hydrogen) atoms. The van der Waals surface area contributed by atoms with Gasteiger partial charge in [-0.1, -0.05) is 24.3 Å². The minimum Gasteiger partial charge on any atom is -0.329 e. The van der Waals surface area contributed by atoms with Gasteiger partial charge in [-0.3, -0.25) is 14.6 Å². The molecule has 2 aromatic carbocycles. The van der Waals surface area contributed by atoms with Gasteiger partial charge in [-0.15, -0.1) is 26.6 Å². The predicted octanol–water partition coefficient (Wildman–Crippen LogP) is 4.65. The first-order chi connectivity index (χ1) is 17.5. The zero-order valence-electron chi connectivity index (χ0n) is 19.2. The van der Waals surface area contributed by atoms with Gasteiger partial charge in [-0.2, -0.15) is 5.11 Å². The van der Waals surface area contributed by atoms with Crippen molar-refractivity contribution in [1.82, 2.24) is 24.6 Å². The Balaban J connectivity index is 1.25. The minimum atomic E-state index is -0.588. The summed E-state index contributed by atoms with van der Waals surface area (Å²) in [5.41, 5.74) is 3.75. The third-order valence-corrected chi connectivity index (χ3v) is 7.26. The lowest BCUT2D eigenvalue weighted by molar-refractivity contribution is 0.0677. The van der Waals surface area contributed by atoms with Gasteiger partial charge in [-0.05, 0) is 36.2 Å². The molecule has 11 heteroatoms. The molecule has 0 aliphatic carbocycles. The number of rotatable bonds is 4. The first kappa shape index (κ1) is 22.4. The quantitative estimate of drug-likeness (QED) is 0.405. The van der Waals surface area contributed by atoms with Crippen LogP contribution in [0.4, 0.5) is 4.39 Å². The molecule has 2 aliphatic rings.